The minimum absolute atomic E-state index is 0.0272. The van der Waals surface area contributed by atoms with E-state index in [1.165, 1.54) is 0 Å². The Kier molecular flexibility index (Phi) is 4.98. The van der Waals surface area contributed by atoms with Crippen LogP contribution in [0.3, 0.4) is 0 Å². The van der Waals surface area contributed by atoms with Crippen molar-refractivity contribution in [1.29, 1.82) is 0 Å². The van der Waals surface area contributed by atoms with Crippen molar-refractivity contribution < 1.29 is 13.6 Å². The van der Waals surface area contributed by atoms with E-state index in [4.69, 9.17) is 12.2 Å². The van der Waals surface area contributed by atoms with E-state index < -0.39 is 17.0 Å². The Bertz CT molecular complexity index is 506. The van der Waals surface area contributed by atoms with Gasteiger partial charge in [0.2, 0.25) is 5.91 Å². The van der Waals surface area contributed by atoms with Crippen LogP contribution in [-0.4, -0.2) is 11.0 Å². The Hall–Kier alpha value is -1.08. The average Bonchev–Trinajstić information content (AvgIpc) is 2.21. The van der Waals surface area contributed by atoms with E-state index in [-0.39, 0.29) is 21.2 Å². The molecule has 0 bridgehead atoms. The summed E-state index contributed by atoms with van der Waals surface area (Å²) in [5, 5.41) is 4.91. The standard InChI is InChI=1S/C12H13BrF2N2OS/c1-12(2,3)10(18)17-11(19)16-9-7(13)4-6(14)5-8(9)15/h4-5H,1-3H3,(H2,16,17,18,19). The number of halogens is 3. The van der Waals surface area contributed by atoms with E-state index in [1.54, 1.807) is 20.8 Å². The SMILES string of the molecule is CC(C)(C)C(=O)NC(=S)Nc1c(F)cc(F)cc1Br. The Labute approximate surface area is 123 Å². The molecule has 0 unspecified atom stereocenters. The van der Waals surface area contributed by atoms with Gasteiger partial charge in [0.1, 0.15) is 5.82 Å². The molecule has 19 heavy (non-hydrogen) atoms. The third kappa shape index (κ3) is 4.50. The van der Waals surface area contributed by atoms with Crippen molar-refractivity contribution in [3.8, 4) is 0 Å². The van der Waals surface area contributed by atoms with Gasteiger partial charge in [0.25, 0.3) is 0 Å². The van der Waals surface area contributed by atoms with Crippen molar-refractivity contribution in [3.05, 3.63) is 28.2 Å². The maximum atomic E-state index is 13.5. The lowest BCUT2D eigenvalue weighted by Crippen LogP contribution is -2.41. The molecule has 0 saturated heterocycles. The second kappa shape index (κ2) is 5.92. The highest BCUT2D eigenvalue weighted by molar-refractivity contribution is 9.10. The Balaban J connectivity index is 2.82. The number of hydrogen-bond donors (Lipinski definition) is 2. The Morgan fingerprint density at radius 1 is 1.32 bits per heavy atom. The van der Waals surface area contributed by atoms with Gasteiger partial charge in [-0.1, -0.05) is 20.8 Å². The number of hydrogen-bond acceptors (Lipinski definition) is 2. The minimum atomic E-state index is -0.806. The highest BCUT2D eigenvalue weighted by Gasteiger charge is 2.22. The predicted octanol–water partition coefficient (Wildman–Crippen LogP) is 3.59. The van der Waals surface area contributed by atoms with Gasteiger partial charge in [-0.25, -0.2) is 8.78 Å². The number of nitrogens with one attached hydrogen (secondary N) is 2. The van der Waals surface area contributed by atoms with Crippen molar-refractivity contribution in [2.45, 2.75) is 20.8 Å². The van der Waals surface area contributed by atoms with E-state index in [1.807, 2.05) is 0 Å². The van der Waals surface area contributed by atoms with E-state index in [2.05, 4.69) is 26.6 Å². The first-order chi connectivity index (χ1) is 8.61. The van der Waals surface area contributed by atoms with E-state index in [0.29, 0.717) is 0 Å². The predicted molar refractivity (Wildman–Crippen MR) is 77.9 cm³/mol. The van der Waals surface area contributed by atoms with E-state index in [9.17, 15) is 13.6 Å². The molecule has 1 rings (SSSR count). The number of benzene rings is 1. The van der Waals surface area contributed by atoms with Crippen LogP contribution >= 0.6 is 28.1 Å². The second-order valence-corrected chi connectivity index (χ2v) is 6.17. The van der Waals surface area contributed by atoms with Gasteiger partial charge in [0.15, 0.2) is 10.9 Å². The lowest BCUT2D eigenvalue weighted by atomic mass is 9.96. The normalized spacial score (nSPS) is 11.1. The van der Waals surface area contributed by atoms with Gasteiger partial charge in [-0.3, -0.25) is 4.79 Å². The number of amides is 1. The summed E-state index contributed by atoms with van der Waals surface area (Å²) in [6, 6.07) is 1.82. The van der Waals surface area contributed by atoms with Crippen LogP contribution in [0, 0.1) is 17.0 Å². The lowest BCUT2D eigenvalue weighted by molar-refractivity contribution is -0.126. The summed E-state index contributed by atoms with van der Waals surface area (Å²) in [5.74, 6) is -1.82. The molecule has 0 aliphatic heterocycles. The molecule has 0 spiro atoms. The van der Waals surface area contributed by atoms with Gasteiger partial charge in [0, 0.05) is 16.0 Å². The van der Waals surface area contributed by atoms with Crippen LogP contribution in [0.15, 0.2) is 16.6 Å². The van der Waals surface area contributed by atoms with Gasteiger partial charge in [-0.2, -0.15) is 0 Å². The molecule has 1 aromatic carbocycles. The minimum Gasteiger partial charge on any atom is -0.329 e. The Morgan fingerprint density at radius 3 is 2.37 bits per heavy atom. The molecule has 1 aromatic rings. The molecular weight excluding hydrogens is 338 g/mol. The molecule has 3 nitrogen and oxygen atoms in total. The van der Waals surface area contributed by atoms with Crippen LogP contribution in [0.4, 0.5) is 14.5 Å². The number of carbonyl (C=O) groups excluding carboxylic acids is 1. The van der Waals surface area contributed by atoms with Crippen molar-refractivity contribution in [1.82, 2.24) is 5.32 Å². The van der Waals surface area contributed by atoms with Crippen LogP contribution in [-0.2, 0) is 4.79 Å². The first-order valence-corrected chi connectivity index (χ1v) is 6.58. The van der Waals surface area contributed by atoms with Crippen molar-refractivity contribution in [3.63, 3.8) is 0 Å². The molecule has 0 aromatic heterocycles. The van der Waals surface area contributed by atoms with Crippen LogP contribution in [0.1, 0.15) is 20.8 Å². The van der Waals surface area contributed by atoms with Crippen molar-refractivity contribution in [2.75, 3.05) is 5.32 Å². The Morgan fingerprint density at radius 2 is 1.89 bits per heavy atom. The molecule has 2 N–H and O–H groups in total. The lowest BCUT2D eigenvalue weighted by Gasteiger charge is -2.19. The molecular formula is C12H13BrF2N2OS. The van der Waals surface area contributed by atoms with Gasteiger partial charge in [-0.05, 0) is 34.2 Å². The summed E-state index contributed by atoms with van der Waals surface area (Å²) in [5.41, 5.74) is -0.648. The van der Waals surface area contributed by atoms with Gasteiger partial charge in [0.05, 0.1) is 5.69 Å². The van der Waals surface area contributed by atoms with Crippen LogP contribution in [0.25, 0.3) is 0 Å². The maximum Gasteiger partial charge on any atom is 0.231 e. The summed E-state index contributed by atoms with van der Waals surface area (Å²) >= 11 is 7.93. The fourth-order valence-electron chi connectivity index (χ4n) is 1.10. The quantitative estimate of drug-likeness (QED) is 0.760. The van der Waals surface area contributed by atoms with Crippen molar-refractivity contribution in [2.24, 2.45) is 5.41 Å². The van der Waals surface area contributed by atoms with Crippen LogP contribution < -0.4 is 10.6 Å². The highest BCUT2D eigenvalue weighted by Crippen LogP contribution is 2.26. The van der Waals surface area contributed by atoms with Crippen molar-refractivity contribution >= 4 is 44.9 Å². The molecule has 0 heterocycles. The largest absolute Gasteiger partial charge is 0.329 e. The molecule has 0 aliphatic carbocycles. The fraction of sp³-hybridized carbons (Fsp3) is 0.333. The maximum absolute atomic E-state index is 13.5. The zero-order valence-corrected chi connectivity index (χ0v) is 13.0. The average molecular weight is 351 g/mol. The third-order valence-corrected chi connectivity index (χ3v) is 2.98. The monoisotopic (exact) mass is 350 g/mol. The molecule has 7 heteroatoms. The first-order valence-electron chi connectivity index (χ1n) is 5.38. The van der Waals surface area contributed by atoms with Gasteiger partial charge >= 0.3 is 0 Å². The summed E-state index contributed by atoms with van der Waals surface area (Å²) in [6.45, 7) is 5.16. The number of anilines is 1. The van der Waals surface area contributed by atoms with E-state index in [0.717, 1.165) is 12.1 Å². The highest BCUT2D eigenvalue weighted by atomic mass is 79.9. The molecule has 0 fully saturated rings. The summed E-state index contributed by atoms with van der Waals surface area (Å²) in [7, 11) is 0. The number of thiocarbonyl (C=S) groups is 1. The zero-order valence-electron chi connectivity index (χ0n) is 10.6. The topological polar surface area (TPSA) is 41.1 Å². The summed E-state index contributed by atoms with van der Waals surface area (Å²) < 4.78 is 26.6. The first kappa shape index (κ1) is 16.0. The summed E-state index contributed by atoms with van der Waals surface area (Å²) in [6.07, 6.45) is 0. The molecule has 0 atom stereocenters. The molecule has 1 amide bonds. The number of rotatable bonds is 1. The van der Waals surface area contributed by atoms with Crippen LogP contribution in [0.5, 0.6) is 0 Å². The molecule has 0 saturated carbocycles. The van der Waals surface area contributed by atoms with E-state index >= 15 is 0 Å². The van der Waals surface area contributed by atoms with Crippen LogP contribution in [0.2, 0.25) is 0 Å². The fourth-order valence-corrected chi connectivity index (χ4v) is 1.80. The van der Waals surface area contributed by atoms with Gasteiger partial charge in [-0.15, -0.1) is 0 Å². The zero-order chi connectivity index (χ0) is 14.8. The number of carbonyl (C=O) groups is 1. The smallest absolute Gasteiger partial charge is 0.231 e. The third-order valence-electron chi connectivity index (χ3n) is 2.15. The molecule has 104 valence electrons. The second-order valence-electron chi connectivity index (χ2n) is 4.90. The molecule has 0 radical (unpaired) electrons. The molecule has 0 aliphatic rings. The van der Waals surface area contributed by atoms with Gasteiger partial charge < -0.3 is 10.6 Å². The summed E-state index contributed by atoms with van der Waals surface area (Å²) in [4.78, 5) is 11.7.